The third kappa shape index (κ3) is 2.28. The van der Waals surface area contributed by atoms with Crippen LogP contribution in [0.25, 0.3) is 0 Å². The number of anilines is 1. The Labute approximate surface area is 89.5 Å². The molecule has 1 fully saturated rings. The highest BCUT2D eigenvalue weighted by atomic mass is 32.1. The molecule has 1 aromatic rings. The van der Waals surface area contributed by atoms with Gasteiger partial charge in [-0.2, -0.15) is 0 Å². The fourth-order valence-corrected chi connectivity index (χ4v) is 2.88. The first-order chi connectivity index (χ1) is 6.75. The maximum atomic E-state index is 5.95. The average molecular weight is 210 g/mol. The van der Waals surface area contributed by atoms with Gasteiger partial charge in [-0.25, -0.2) is 0 Å². The summed E-state index contributed by atoms with van der Waals surface area (Å²) in [6.45, 7) is 2.15. The van der Waals surface area contributed by atoms with Crippen LogP contribution in [0.1, 0.15) is 31.2 Å². The quantitative estimate of drug-likeness (QED) is 0.787. The van der Waals surface area contributed by atoms with Crippen molar-refractivity contribution in [2.45, 2.75) is 44.7 Å². The first kappa shape index (κ1) is 9.99. The number of thiophene rings is 1. The number of aryl methyl sites for hydroxylation is 1. The molecule has 1 aliphatic rings. The monoisotopic (exact) mass is 210 g/mol. The van der Waals surface area contributed by atoms with E-state index in [4.69, 9.17) is 5.73 Å². The van der Waals surface area contributed by atoms with Crippen molar-refractivity contribution in [2.24, 2.45) is 5.73 Å². The van der Waals surface area contributed by atoms with Crippen molar-refractivity contribution < 1.29 is 0 Å². The van der Waals surface area contributed by atoms with Crippen molar-refractivity contribution in [1.29, 1.82) is 0 Å². The fraction of sp³-hybridized carbons (Fsp3) is 0.636. The van der Waals surface area contributed by atoms with Gasteiger partial charge in [0.15, 0.2) is 0 Å². The minimum Gasteiger partial charge on any atom is -0.381 e. The van der Waals surface area contributed by atoms with Crippen LogP contribution in [0.5, 0.6) is 0 Å². The van der Waals surface area contributed by atoms with Gasteiger partial charge in [0.05, 0.1) is 0 Å². The lowest BCUT2D eigenvalue weighted by atomic mass is 9.91. The Morgan fingerprint density at radius 1 is 1.43 bits per heavy atom. The van der Waals surface area contributed by atoms with Crippen LogP contribution in [0.3, 0.4) is 0 Å². The lowest BCUT2D eigenvalue weighted by molar-refractivity contribution is 0.409. The Morgan fingerprint density at radius 2 is 2.29 bits per heavy atom. The first-order valence-electron chi connectivity index (χ1n) is 5.30. The van der Waals surface area contributed by atoms with Gasteiger partial charge in [0, 0.05) is 23.2 Å². The van der Waals surface area contributed by atoms with Crippen molar-refractivity contribution in [3.8, 4) is 0 Å². The van der Waals surface area contributed by atoms with Gasteiger partial charge in [-0.3, -0.25) is 0 Å². The molecule has 0 saturated heterocycles. The van der Waals surface area contributed by atoms with Crippen LogP contribution in [0.15, 0.2) is 10.8 Å². The van der Waals surface area contributed by atoms with Crippen LogP contribution in [-0.4, -0.2) is 12.1 Å². The average Bonchev–Trinajstić information content (AvgIpc) is 2.52. The van der Waals surface area contributed by atoms with Crippen molar-refractivity contribution in [2.75, 3.05) is 5.32 Å². The van der Waals surface area contributed by atoms with Gasteiger partial charge in [0.1, 0.15) is 0 Å². The zero-order valence-electron chi connectivity index (χ0n) is 8.62. The smallest absolute Gasteiger partial charge is 0.0480 e. The zero-order chi connectivity index (χ0) is 9.97. The Balaban J connectivity index is 1.94. The second kappa shape index (κ2) is 4.32. The van der Waals surface area contributed by atoms with E-state index in [2.05, 4.69) is 23.0 Å². The Morgan fingerprint density at radius 3 is 2.93 bits per heavy atom. The standard InChI is InChI=1S/C11H18N2S/c1-8-6-14-7-11(8)13-10-4-2-3-9(12)5-10/h6-7,9-10,13H,2-5,12H2,1H3. The third-order valence-corrected chi connectivity index (χ3v) is 3.79. The molecule has 0 aliphatic heterocycles. The molecule has 2 unspecified atom stereocenters. The lowest BCUT2D eigenvalue weighted by Gasteiger charge is -2.28. The molecule has 2 atom stereocenters. The summed E-state index contributed by atoms with van der Waals surface area (Å²) >= 11 is 1.76. The van der Waals surface area contributed by atoms with E-state index in [1.54, 1.807) is 11.3 Å². The van der Waals surface area contributed by atoms with Crippen molar-refractivity contribution >= 4 is 17.0 Å². The second-order valence-corrected chi connectivity index (χ2v) is 4.98. The minimum absolute atomic E-state index is 0.403. The van der Waals surface area contributed by atoms with Crippen LogP contribution >= 0.6 is 11.3 Å². The Bertz CT molecular complexity index is 295. The highest BCUT2D eigenvalue weighted by molar-refractivity contribution is 7.08. The summed E-state index contributed by atoms with van der Waals surface area (Å²) in [5.41, 5.74) is 8.61. The van der Waals surface area contributed by atoms with Crippen LogP contribution < -0.4 is 11.1 Å². The Hall–Kier alpha value is -0.540. The molecule has 1 aromatic heterocycles. The molecule has 1 aliphatic carbocycles. The molecular formula is C11H18N2S. The number of nitrogens with two attached hydrogens (primary N) is 1. The first-order valence-corrected chi connectivity index (χ1v) is 6.25. The molecule has 2 rings (SSSR count). The van der Waals surface area contributed by atoms with Crippen LogP contribution in [0.2, 0.25) is 0 Å². The summed E-state index contributed by atoms with van der Waals surface area (Å²) in [4.78, 5) is 0. The van der Waals surface area contributed by atoms with Crippen LogP contribution in [-0.2, 0) is 0 Å². The van der Waals surface area contributed by atoms with E-state index in [1.807, 2.05) is 0 Å². The summed E-state index contributed by atoms with van der Waals surface area (Å²) in [7, 11) is 0. The van der Waals surface area contributed by atoms with Crippen LogP contribution in [0.4, 0.5) is 5.69 Å². The largest absolute Gasteiger partial charge is 0.381 e. The summed E-state index contributed by atoms with van der Waals surface area (Å²) < 4.78 is 0. The highest BCUT2D eigenvalue weighted by Crippen LogP contribution is 2.25. The number of nitrogens with one attached hydrogen (secondary N) is 1. The SMILES string of the molecule is Cc1cscc1NC1CCCC(N)C1. The topological polar surface area (TPSA) is 38.0 Å². The molecule has 78 valence electrons. The highest BCUT2D eigenvalue weighted by Gasteiger charge is 2.19. The maximum absolute atomic E-state index is 5.95. The molecular weight excluding hydrogens is 192 g/mol. The molecule has 3 N–H and O–H groups in total. The van der Waals surface area contributed by atoms with Gasteiger partial charge in [0.25, 0.3) is 0 Å². The van der Waals surface area contributed by atoms with Gasteiger partial charge in [-0.15, -0.1) is 11.3 Å². The number of hydrogen-bond acceptors (Lipinski definition) is 3. The van der Waals surface area contributed by atoms with Crippen molar-refractivity contribution in [3.63, 3.8) is 0 Å². The van der Waals surface area contributed by atoms with Crippen molar-refractivity contribution in [1.82, 2.24) is 0 Å². The summed E-state index contributed by atoms with van der Waals surface area (Å²) in [5.74, 6) is 0. The molecule has 14 heavy (non-hydrogen) atoms. The van der Waals surface area contributed by atoms with Gasteiger partial charge in [0.2, 0.25) is 0 Å². The van der Waals surface area contributed by atoms with E-state index in [0.717, 1.165) is 6.42 Å². The van der Waals surface area contributed by atoms with E-state index in [1.165, 1.54) is 30.5 Å². The second-order valence-electron chi connectivity index (χ2n) is 4.24. The minimum atomic E-state index is 0.403. The molecule has 3 heteroatoms. The van der Waals surface area contributed by atoms with Crippen molar-refractivity contribution in [3.05, 3.63) is 16.3 Å². The van der Waals surface area contributed by atoms with E-state index < -0.39 is 0 Å². The molecule has 0 radical (unpaired) electrons. The Kier molecular flexibility index (Phi) is 3.08. The van der Waals surface area contributed by atoms with E-state index in [-0.39, 0.29) is 0 Å². The van der Waals surface area contributed by atoms with E-state index in [0.29, 0.717) is 12.1 Å². The summed E-state index contributed by atoms with van der Waals surface area (Å²) in [6, 6.07) is 0.993. The number of rotatable bonds is 2. The molecule has 1 heterocycles. The normalized spacial score (nSPS) is 27.6. The molecule has 0 spiro atoms. The zero-order valence-corrected chi connectivity index (χ0v) is 9.44. The third-order valence-electron chi connectivity index (χ3n) is 2.93. The fourth-order valence-electron chi connectivity index (χ4n) is 2.09. The summed E-state index contributed by atoms with van der Waals surface area (Å²) in [5, 5.41) is 7.97. The number of hydrogen-bond donors (Lipinski definition) is 2. The van der Waals surface area contributed by atoms with Gasteiger partial charge in [-0.1, -0.05) is 0 Å². The van der Waals surface area contributed by atoms with Gasteiger partial charge < -0.3 is 11.1 Å². The summed E-state index contributed by atoms with van der Waals surface area (Å²) in [6.07, 6.45) is 4.85. The predicted octanol–water partition coefficient (Wildman–Crippen LogP) is 2.74. The molecule has 0 aromatic carbocycles. The van der Waals surface area contributed by atoms with E-state index >= 15 is 0 Å². The molecule has 2 nitrogen and oxygen atoms in total. The molecule has 0 bridgehead atoms. The van der Waals surface area contributed by atoms with Gasteiger partial charge in [-0.05, 0) is 43.6 Å². The molecule has 1 saturated carbocycles. The predicted molar refractivity (Wildman–Crippen MR) is 62.9 cm³/mol. The molecule has 0 amide bonds. The van der Waals surface area contributed by atoms with Crippen LogP contribution in [0, 0.1) is 6.92 Å². The lowest BCUT2D eigenvalue weighted by Crippen LogP contribution is -2.34. The van der Waals surface area contributed by atoms with Gasteiger partial charge >= 0.3 is 0 Å². The maximum Gasteiger partial charge on any atom is 0.0480 e. The van der Waals surface area contributed by atoms with E-state index in [9.17, 15) is 0 Å².